The zero-order chi connectivity index (χ0) is 21.1. The number of nitrogens with one attached hydrogen (secondary N) is 2. The fourth-order valence-electron chi connectivity index (χ4n) is 4.38. The average Bonchev–Trinajstić information content (AvgIpc) is 3.26. The molecule has 30 heavy (non-hydrogen) atoms. The van der Waals surface area contributed by atoms with Crippen LogP contribution in [-0.4, -0.2) is 48.5 Å². The van der Waals surface area contributed by atoms with Gasteiger partial charge in [0.25, 0.3) is 10.0 Å². The molecular weight excluding hydrogens is 429 g/mol. The number of rotatable bonds is 6. The quantitative estimate of drug-likeness (QED) is 0.690. The molecule has 0 amide bonds. The topological polar surface area (TPSA) is 87.2 Å². The first-order chi connectivity index (χ1) is 14.4. The predicted octanol–water partition coefficient (Wildman–Crippen LogP) is 3.89. The summed E-state index contributed by atoms with van der Waals surface area (Å²) in [6.07, 6.45) is 9.40. The van der Waals surface area contributed by atoms with Crippen molar-refractivity contribution < 1.29 is 12.8 Å². The highest BCUT2D eigenvalue weighted by Gasteiger charge is 2.32. The molecule has 0 bridgehead atoms. The Kier molecular flexibility index (Phi) is 6.40. The lowest BCUT2D eigenvalue weighted by molar-refractivity contribution is 0.177. The molecule has 10 heteroatoms. The molecular formula is C20H25ClFN5O2S. The predicted molar refractivity (Wildman–Crippen MR) is 115 cm³/mol. The highest BCUT2D eigenvalue weighted by Crippen LogP contribution is 2.33. The summed E-state index contributed by atoms with van der Waals surface area (Å²) in [6, 6.07) is 4.26. The van der Waals surface area contributed by atoms with Gasteiger partial charge in [-0.3, -0.25) is 9.62 Å². The lowest BCUT2D eigenvalue weighted by Crippen LogP contribution is -2.47. The Bertz CT molecular complexity index is 986. The molecule has 1 aliphatic carbocycles. The summed E-state index contributed by atoms with van der Waals surface area (Å²) in [4.78, 5) is 9.53. The van der Waals surface area contributed by atoms with E-state index in [0.29, 0.717) is 11.7 Å². The summed E-state index contributed by atoms with van der Waals surface area (Å²) in [5.74, 6) is -0.810. The van der Waals surface area contributed by atoms with E-state index in [2.05, 4.69) is 24.9 Å². The number of halogens is 2. The fourth-order valence-corrected chi connectivity index (χ4v) is 5.76. The van der Waals surface area contributed by atoms with Crippen molar-refractivity contribution in [2.75, 3.05) is 23.1 Å². The first-order valence-corrected chi connectivity index (χ1v) is 12.1. The Morgan fingerprint density at radius 1 is 1.13 bits per heavy atom. The van der Waals surface area contributed by atoms with Gasteiger partial charge in [0.1, 0.15) is 22.9 Å². The minimum atomic E-state index is -4.18. The van der Waals surface area contributed by atoms with Crippen LogP contribution in [0.25, 0.3) is 0 Å². The number of benzene rings is 1. The normalized spacial score (nSPS) is 22.7. The molecule has 2 fully saturated rings. The Morgan fingerprint density at radius 2 is 1.90 bits per heavy atom. The van der Waals surface area contributed by atoms with Crippen molar-refractivity contribution in [3.63, 3.8) is 0 Å². The Morgan fingerprint density at radius 3 is 2.63 bits per heavy atom. The van der Waals surface area contributed by atoms with E-state index in [1.54, 1.807) is 0 Å². The fraction of sp³-hybridized carbons (Fsp3) is 0.500. The van der Waals surface area contributed by atoms with Crippen LogP contribution in [0.4, 0.5) is 15.9 Å². The summed E-state index contributed by atoms with van der Waals surface area (Å²) >= 11 is 6.38. The molecule has 0 radical (unpaired) electrons. The van der Waals surface area contributed by atoms with Gasteiger partial charge in [-0.25, -0.2) is 22.8 Å². The minimum absolute atomic E-state index is 0.0541. The highest BCUT2D eigenvalue weighted by atomic mass is 35.5. The molecule has 4 rings (SSSR count). The number of hydrogen-bond donors (Lipinski definition) is 2. The zero-order valence-electron chi connectivity index (χ0n) is 16.5. The van der Waals surface area contributed by atoms with Gasteiger partial charge in [0.2, 0.25) is 0 Å². The van der Waals surface area contributed by atoms with Crippen LogP contribution in [0.1, 0.15) is 38.5 Å². The number of aromatic nitrogens is 2. The van der Waals surface area contributed by atoms with E-state index in [-0.39, 0.29) is 16.9 Å². The van der Waals surface area contributed by atoms with Crippen molar-refractivity contribution in [3.05, 3.63) is 41.6 Å². The second kappa shape index (κ2) is 9.03. The smallest absolute Gasteiger partial charge is 0.266 e. The molecule has 0 unspecified atom stereocenters. The molecule has 1 saturated carbocycles. The first-order valence-electron chi connectivity index (χ1n) is 10.2. The molecule has 1 saturated heterocycles. The first kappa shape index (κ1) is 21.3. The van der Waals surface area contributed by atoms with E-state index < -0.39 is 20.7 Å². The maximum atomic E-state index is 14.8. The maximum Gasteiger partial charge on any atom is 0.266 e. The third-order valence-electron chi connectivity index (χ3n) is 5.81. The number of nitrogens with zero attached hydrogens (tertiary/aromatic N) is 3. The molecule has 7 nitrogen and oxygen atoms in total. The second-order valence-corrected chi connectivity index (χ2v) is 9.87. The standard InChI is InChI=1S/C20H25ClFN5O2S/c21-14-11-19(30(28,29)26-20-7-8-23-13-24-20)15(22)12-17(14)25-16-5-1-2-6-18(16)27-9-3-4-10-27/h7-8,11-13,16,18,25H,1-6,9-10H2,(H,23,24,26)/t16-,18-/m0/s1. The maximum absolute atomic E-state index is 14.8. The van der Waals surface area contributed by atoms with Crippen LogP contribution in [0.15, 0.2) is 35.6 Å². The molecule has 1 aromatic carbocycles. The van der Waals surface area contributed by atoms with Gasteiger partial charge < -0.3 is 5.32 Å². The summed E-state index contributed by atoms with van der Waals surface area (Å²) < 4.78 is 42.3. The molecule has 2 aromatic rings. The van der Waals surface area contributed by atoms with E-state index >= 15 is 0 Å². The van der Waals surface area contributed by atoms with Gasteiger partial charge in [-0.15, -0.1) is 0 Å². The SMILES string of the molecule is O=S(=O)(Nc1ccncn1)c1cc(Cl)c(N[C@H]2CCCC[C@@H]2N2CCCC2)cc1F. The number of anilines is 2. The van der Waals surface area contributed by atoms with Gasteiger partial charge in [0.05, 0.1) is 10.7 Å². The van der Waals surface area contributed by atoms with E-state index in [4.69, 9.17) is 11.6 Å². The van der Waals surface area contributed by atoms with E-state index in [9.17, 15) is 12.8 Å². The van der Waals surface area contributed by atoms with Crippen molar-refractivity contribution in [2.45, 2.75) is 55.5 Å². The van der Waals surface area contributed by atoms with Crippen LogP contribution in [0.5, 0.6) is 0 Å². The van der Waals surface area contributed by atoms with Crippen molar-refractivity contribution in [1.29, 1.82) is 0 Å². The molecule has 2 N–H and O–H groups in total. The van der Waals surface area contributed by atoms with Crippen LogP contribution in [0, 0.1) is 5.82 Å². The van der Waals surface area contributed by atoms with Gasteiger partial charge in [-0.2, -0.15) is 0 Å². The molecule has 162 valence electrons. The largest absolute Gasteiger partial charge is 0.379 e. The van der Waals surface area contributed by atoms with Gasteiger partial charge in [0.15, 0.2) is 0 Å². The zero-order valence-corrected chi connectivity index (χ0v) is 18.1. The number of likely N-dealkylation sites (tertiary alicyclic amines) is 1. The molecule has 1 aliphatic heterocycles. The third-order valence-corrected chi connectivity index (χ3v) is 7.49. The Balaban J connectivity index is 1.55. The van der Waals surface area contributed by atoms with Gasteiger partial charge in [0, 0.05) is 18.3 Å². The summed E-state index contributed by atoms with van der Waals surface area (Å²) in [5.41, 5.74) is 0.422. The second-order valence-electron chi connectivity index (χ2n) is 7.81. The van der Waals surface area contributed by atoms with Crippen LogP contribution in [0.2, 0.25) is 5.02 Å². The van der Waals surface area contributed by atoms with Crippen LogP contribution in [0.3, 0.4) is 0 Å². The summed E-state index contributed by atoms with van der Waals surface area (Å²) in [5, 5.41) is 3.57. The lowest BCUT2D eigenvalue weighted by Gasteiger charge is -2.39. The monoisotopic (exact) mass is 453 g/mol. The summed E-state index contributed by atoms with van der Waals surface area (Å²) in [7, 11) is -4.18. The van der Waals surface area contributed by atoms with Crippen LogP contribution in [-0.2, 0) is 10.0 Å². The van der Waals surface area contributed by atoms with Crippen molar-refractivity contribution in [2.24, 2.45) is 0 Å². The molecule has 2 heterocycles. The summed E-state index contributed by atoms with van der Waals surface area (Å²) in [6.45, 7) is 2.19. The van der Waals surface area contributed by atoms with Crippen LogP contribution < -0.4 is 10.0 Å². The van der Waals surface area contributed by atoms with E-state index in [0.717, 1.165) is 38.4 Å². The molecule has 2 aliphatic rings. The molecule has 1 aromatic heterocycles. The van der Waals surface area contributed by atoms with Gasteiger partial charge in [-0.05, 0) is 57.0 Å². The van der Waals surface area contributed by atoms with Crippen molar-refractivity contribution in [1.82, 2.24) is 14.9 Å². The minimum Gasteiger partial charge on any atom is -0.379 e. The van der Waals surface area contributed by atoms with Crippen LogP contribution >= 0.6 is 11.6 Å². The van der Waals surface area contributed by atoms with Crippen molar-refractivity contribution >= 4 is 33.1 Å². The van der Waals surface area contributed by atoms with Gasteiger partial charge >= 0.3 is 0 Å². The Hall–Kier alpha value is -1.97. The Labute approximate surface area is 181 Å². The molecule has 2 atom stereocenters. The average molecular weight is 454 g/mol. The number of sulfonamides is 1. The van der Waals surface area contributed by atoms with E-state index in [1.807, 2.05) is 0 Å². The number of hydrogen-bond acceptors (Lipinski definition) is 6. The lowest BCUT2D eigenvalue weighted by atomic mass is 9.89. The molecule has 0 spiro atoms. The van der Waals surface area contributed by atoms with E-state index in [1.165, 1.54) is 43.9 Å². The highest BCUT2D eigenvalue weighted by molar-refractivity contribution is 7.92. The van der Waals surface area contributed by atoms with Gasteiger partial charge in [-0.1, -0.05) is 24.4 Å². The van der Waals surface area contributed by atoms with Crippen molar-refractivity contribution in [3.8, 4) is 0 Å². The third kappa shape index (κ3) is 4.68.